The molecule has 2 rings (SSSR count). The maximum atomic E-state index is 11.9. The molecule has 0 heterocycles. The molecule has 1 N–H and O–H groups in total. The average Bonchev–Trinajstić information content (AvgIpc) is 2.40. The molecule has 2 aliphatic rings. The van der Waals surface area contributed by atoms with E-state index < -0.39 is 7.60 Å². The first-order chi connectivity index (χ1) is 8.58. The lowest BCUT2D eigenvalue weighted by molar-refractivity contribution is -0.0428. The molecule has 0 radical (unpaired) electrons. The summed E-state index contributed by atoms with van der Waals surface area (Å²) in [5.41, 5.74) is -0.350. The lowest BCUT2D eigenvalue weighted by Crippen LogP contribution is -2.42. The molecule has 18 heavy (non-hydrogen) atoms. The molecule has 0 aliphatic heterocycles. The normalized spacial score (nSPS) is 28.5. The van der Waals surface area contributed by atoms with Gasteiger partial charge < -0.3 is 4.89 Å². The maximum Gasteiger partial charge on any atom is 0.351 e. The number of hydrogen-bond acceptors (Lipinski definition) is 2. The molecule has 0 spiro atoms. The zero-order valence-corrected chi connectivity index (χ0v) is 12.0. The van der Waals surface area contributed by atoms with Crippen molar-refractivity contribution in [2.45, 2.75) is 69.8 Å². The fourth-order valence-electron chi connectivity index (χ4n) is 3.65. The Hall–Kier alpha value is -0.110. The van der Waals surface area contributed by atoms with Crippen molar-refractivity contribution < 1.29 is 14.0 Å². The van der Waals surface area contributed by atoms with Gasteiger partial charge in [-0.15, -0.1) is 0 Å². The minimum absolute atomic E-state index is 0.350. The van der Waals surface area contributed by atoms with Crippen LogP contribution in [-0.2, 0) is 9.09 Å². The van der Waals surface area contributed by atoms with E-state index in [0.29, 0.717) is 5.92 Å². The van der Waals surface area contributed by atoms with Crippen molar-refractivity contribution in [3.8, 4) is 0 Å². The highest BCUT2D eigenvalue weighted by Crippen LogP contribution is 2.55. The Balaban J connectivity index is 2.16. The fraction of sp³-hybridized carbons (Fsp3) is 0.857. The van der Waals surface area contributed by atoms with Gasteiger partial charge in [-0.05, 0) is 31.6 Å². The van der Waals surface area contributed by atoms with Crippen LogP contribution in [0.1, 0.15) is 64.2 Å². The van der Waals surface area contributed by atoms with E-state index in [4.69, 9.17) is 4.52 Å². The van der Waals surface area contributed by atoms with Gasteiger partial charge in [0, 0.05) is 5.82 Å². The first-order valence-corrected chi connectivity index (χ1v) is 8.89. The Morgan fingerprint density at radius 1 is 1.11 bits per heavy atom. The molecule has 0 aromatic carbocycles. The Bertz CT molecular complexity index is 328. The van der Waals surface area contributed by atoms with E-state index in [0.717, 1.165) is 44.3 Å². The molecule has 3 nitrogen and oxygen atoms in total. The molecule has 1 atom stereocenters. The van der Waals surface area contributed by atoms with Crippen LogP contribution in [0.4, 0.5) is 0 Å². The number of hydrogen-bond donors (Lipinski definition) is 1. The van der Waals surface area contributed by atoms with Gasteiger partial charge in [0.1, 0.15) is 0 Å². The topological polar surface area (TPSA) is 46.5 Å². The van der Waals surface area contributed by atoms with Crippen LogP contribution >= 0.6 is 7.60 Å². The van der Waals surface area contributed by atoms with Crippen LogP contribution in [0.15, 0.2) is 12.4 Å². The minimum atomic E-state index is -3.61. The van der Waals surface area contributed by atoms with Gasteiger partial charge in [-0.3, -0.25) is 9.09 Å². The second kappa shape index (κ2) is 5.90. The van der Waals surface area contributed by atoms with Crippen LogP contribution in [0, 0.1) is 5.92 Å². The zero-order chi connectivity index (χ0) is 13.1. The van der Waals surface area contributed by atoms with E-state index in [1.54, 1.807) is 0 Å². The summed E-state index contributed by atoms with van der Waals surface area (Å²) in [5.74, 6) is 1.55. The standard InChI is InChI=1S/C14H25O3P/c1-2-18(15,16)17-14(11-7-4-8-12-14)13-9-5-3-6-10-13/h2,13H,1,3-12H2,(H,15,16). The van der Waals surface area contributed by atoms with Crippen molar-refractivity contribution in [2.75, 3.05) is 0 Å². The molecule has 0 bridgehead atoms. The maximum absolute atomic E-state index is 11.9. The molecule has 0 saturated heterocycles. The van der Waals surface area contributed by atoms with E-state index in [-0.39, 0.29) is 5.60 Å². The van der Waals surface area contributed by atoms with Crippen molar-refractivity contribution in [3.63, 3.8) is 0 Å². The second-order valence-electron chi connectivity index (χ2n) is 5.80. The molecule has 104 valence electrons. The van der Waals surface area contributed by atoms with Gasteiger partial charge in [-0.2, -0.15) is 0 Å². The highest BCUT2D eigenvalue weighted by molar-refractivity contribution is 7.56. The van der Waals surface area contributed by atoms with Crippen molar-refractivity contribution in [1.82, 2.24) is 0 Å². The molecule has 2 aliphatic carbocycles. The second-order valence-corrected chi connectivity index (χ2v) is 7.47. The fourth-order valence-corrected chi connectivity index (χ4v) is 4.58. The molecule has 4 heteroatoms. The molecule has 2 saturated carbocycles. The average molecular weight is 272 g/mol. The van der Waals surface area contributed by atoms with Gasteiger partial charge in [0.25, 0.3) is 0 Å². The molecule has 0 aromatic heterocycles. The molecular weight excluding hydrogens is 247 g/mol. The van der Waals surface area contributed by atoms with Crippen molar-refractivity contribution in [2.24, 2.45) is 5.92 Å². The first-order valence-electron chi connectivity index (χ1n) is 7.25. The SMILES string of the molecule is C=CP(=O)(O)OC1(C2CCCCC2)CCCCC1. The highest BCUT2D eigenvalue weighted by Gasteiger charge is 2.44. The lowest BCUT2D eigenvalue weighted by atomic mass is 9.70. The van der Waals surface area contributed by atoms with E-state index in [2.05, 4.69) is 6.58 Å². The number of rotatable bonds is 4. The van der Waals surface area contributed by atoms with Crippen LogP contribution in [0.3, 0.4) is 0 Å². The van der Waals surface area contributed by atoms with Crippen molar-refractivity contribution >= 4 is 7.60 Å². The summed E-state index contributed by atoms with van der Waals surface area (Å²) >= 11 is 0. The smallest absolute Gasteiger partial charge is 0.321 e. The van der Waals surface area contributed by atoms with Gasteiger partial charge >= 0.3 is 7.60 Å². The summed E-state index contributed by atoms with van der Waals surface area (Å²) in [7, 11) is -3.61. The zero-order valence-electron chi connectivity index (χ0n) is 11.1. The predicted molar refractivity (Wildman–Crippen MR) is 73.5 cm³/mol. The summed E-state index contributed by atoms with van der Waals surface area (Å²) in [4.78, 5) is 9.79. The summed E-state index contributed by atoms with van der Waals surface area (Å²) in [6.07, 6.45) is 11.4. The molecule has 0 amide bonds. The van der Waals surface area contributed by atoms with Gasteiger partial charge in [0.15, 0.2) is 0 Å². The highest BCUT2D eigenvalue weighted by atomic mass is 31.2. The summed E-state index contributed by atoms with van der Waals surface area (Å²) < 4.78 is 17.7. The summed E-state index contributed by atoms with van der Waals surface area (Å²) in [5, 5.41) is 0. The molecule has 1 unspecified atom stereocenters. The van der Waals surface area contributed by atoms with E-state index in [9.17, 15) is 9.46 Å². The van der Waals surface area contributed by atoms with Gasteiger partial charge in [0.05, 0.1) is 5.60 Å². The largest absolute Gasteiger partial charge is 0.351 e. The van der Waals surface area contributed by atoms with Gasteiger partial charge in [-0.25, -0.2) is 0 Å². The Kier molecular flexibility index (Phi) is 4.69. The van der Waals surface area contributed by atoms with Crippen molar-refractivity contribution in [3.05, 3.63) is 12.4 Å². The van der Waals surface area contributed by atoms with E-state index >= 15 is 0 Å². The Morgan fingerprint density at radius 2 is 1.67 bits per heavy atom. The predicted octanol–water partition coefficient (Wildman–Crippen LogP) is 4.62. The van der Waals surface area contributed by atoms with Crippen LogP contribution in [0.5, 0.6) is 0 Å². The monoisotopic (exact) mass is 272 g/mol. The first kappa shape index (κ1) is 14.3. The van der Waals surface area contributed by atoms with Crippen LogP contribution < -0.4 is 0 Å². The van der Waals surface area contributed by atoms with Crippen LogP contribution in [0.25, 0.3) is 0 Å². The molecule has 0 aromatic rings. The summed E-state index contributed by atoms with van der Waals surface area (Å²) in [6, 6.07) is 0. The molecule has 2 fully saturated rings. The van der Waals surface area contributed by atoms with Gasteiger partial charge in [0.2, 0.25) is 0 Å². The minimum Gasteiger partial charge on any atom is -0.321 e. The van der Waals surface area contributed by atoms with Crippen LogP contribution in [0.2, 0.25) is 0 Å². The Morgan fingerprint density at radius 3 is 2.22 bits per heavy atom. The quantitative estimate of drug-likeness (QED) is 0.760. The third-order valence-corrected chi connectivity index (χ3v) is 5.68. The van der Waals surface area contributed by atoms with Crippen LogP contribution in [-0.4, -0.2) is 10.5 Å². The summed E-state index contributed by atoms with van der Waals surface area (Å²) in [6.45, 7) is 3.44. The lowest BCUT2D eigenvalue weighted by Gasteiger charge is -2.45. The Labute approximate surface area is 110 Å². The van der Waals surface area contributed by atoms with Gasteiger partial charge in [-0.1, -0.05) is 45.1 Å². The van der Waals surface area contributed by atoms with E-state index in [1.165, 1.54) is 25.7 Å². The van der Waals surface area contributed by atoms with Crippen molar-refractivity contribution in [1.29, 1.82) is 0 Å². The third-order valence-electron chi connectivity index (χ3n) is 4.59. The third kappa shape index (κ3) is 3.26. The van der Waals surface area contributed by atoms with E-state index in [1.807, 2.05) is 0 Å². The molecular formula is C14H25O3P.